The first kappa shape index (κ1) is 16.4. The van der Waals surface area contributed by atoms with Crippen LogP contribution in [0, 0.1) is 5.92 Å². The number of carbonyl (C=O) groups is 2. The van der Waals surface area contributed by atoms with Crippen molar-refractivity contribution in [2.45, 2.75) is 20.3 Å². The molecule has 2 aliphatic rings. The molecular formula is C18H22N2O4. The van der Waals surface area contributed by atoms with Crippen LogP contribution >= 0.6 is 0 Å². The summed E-state index contributed by atoms with van der Waals surface area (Å²) in [6.45, 7) is 9.43. The second kappa shape index (κ2) is 6.55. The topological polar surface area (TPSA) is 59.1 Å². The summed E-state index contributed by atoms with van der Waals surface area (Å²) in [6, 6.07) is 5.40. The average Bonchev–Trinajstić information content (AvgIpc) is 3.17. The lowest BCUT2D eigenvalue weighted by Crippen LogP contribution is -2.38. The van der Waals surface area contributed by atoms with Crippen LogP contribution in [0.4, 0.5) is 5.69 Å². The number of hydrogen-bond donors (Lipinski definition) is 0. The second-order valence-corrected chi connectivity index (χ2v) is 6.25. The molecule has 1 saturated heterocycles. The molecule has 1 atom stereocenters. The van der Waals surface area contributed by atoms with Crippen molar-refractivity contribution in [3.63, 3.8) is 0 Å². The Hall–Kier alpha value is -2.50. The van der Waals surface area contributed by atoms with E-state index in [-0.39, 0.29) is 30.9 Å². The fourth-order valence-electron chi connectivity index (χ4n) is 3.11. The summed E-state index contributed by atoms with van der Waals surface area (Å²) in [7, 11) is 0. The lowest BCUT2D eigenvalue weighted by Gasteiger charge is -2.24. The van der Waals surface area contributed by atoms with Crippen LogP contribution in [0.2, 0.25) is 0 Å². The van der Waals surface area contributed by atoms with E-state index in [1.54, 1.807) is 21.9 Å². The zero-order chi connectivity index (χ0) is 17.3. The summed E-state index contributed by atoms with van der Waals surface area (Å²) >= 11 is 0. The molecule has 1 aromatic carbocycles. The molecule has 2 aliphatic heterocycles. The van der Waals surface area contributed by atoms with Crippen molar-refractivity contribution < 1.29 is 19.1 Å². The zero-order valence-electron chi connectivity index (χ0n) is 14.1. The van der Waals surface area contributed by atoms with Gasteiger partial charge in [-0.15, -0.1) is 0 Å². The third-order valence-electron chi connectivity index (χ3n) is 4.30. The van der Waals surface area contributed by atoms with Crippen LogP contribution < -0.4 is 14.4 Å². The highest BCUT2D eigenvalue weighted by Crippen LogP contribution is 2.37. The number of nitrogens with zero attached hydrogens (tertiary/aromatic N) is 2. The summed E-state index contributed by atoms with van der Waals surface area (Å²) in [5.74, 6) is 0.960. The lowest BCUT2D eigenvalue weighted by atomic mass is 10.1. The molecule has 2 heterocycles. The molecule has 1 aromatic rings. The molecule has 1 fully saturated rings. The molecule has 0 bridgehead atoms. The van der Waals surface area contributed by atoms with E-state index in [1.807, 2.05) is 19.9 Å². The van der Waals surface area contributed by atoms with Gasteiger partial charge in [0.15, 0.2) is 11.5 Å². The highest BCUT2D eigenvalue weighted by Gasteiger charge is 2.37. The number of ether oxygens (including phenoxy) is 2. The quantitative estimate of drug-likeness (QED) is 0.777. The number of amides is 2. The number of carbonyl (C=O) groups excluding carboxylic acids is 2. The van der Waals surface area contributed by atoms with Gasteiger partial charge >= 0.3 is 0 Å². The first-order chi connectivity index (χ1) is 11.5. The van der Waals surface area contributed by atoms with Crippen LogP contribution in [0.15, 0.2) is 30.4 Å². The Morgan fingerprint density at radius 3 is 2.83 bits per heavy atom. The van der Waals surface area contributed by atoms with Crippen molar-refractivity contribution in [3.8, 4) is 11.5 Å². The molecule has 0 radical (unpaired) electrons. The van der Waals surface area contributed by atoms with Crippen molar-refractivity contribution in [1.82, 2.24) is 4.90 Å². The third-order valence-corrected chi connectivity index (χ3v) is 4.30. The highest BCUT2D eigenvalue weighted by molar-refractivity contribution is 6.00. The van der Waals surface area contributed by atoms with Gasteiger partial charge < -0.3 is 19.3 Å². The van der Waals surface area contributed by atoms with E-state index < -0.39 is 0 Å². The Kier molecular flexibility index (Phi) is 4.46. The average molecular weight is 330 g/mol. The molecule has 6 heteroatoms. The molecule has 2 amide bonds. The monoisotopic (exact) mass is 330 g/mol. The van der Waals surface area contributed by atoms with Gasteiger partial charge in [0.2, 0.25) is 18.6 Å². The van der Waals surface area contributed by atoms with Crippen LogP contribution in [0.5, 0.6) is 11.5 Å². The molecule has 6 nitrogen and oxygen atoms in total. The molecule has 3 rings (SSSR count). The maximum atomic E-state index is 12.7. The summed E-state index contributed by atoms with van der Waals surface area (Å²) in [6.07, 6.45) is 0.236. The van der Waals surface area contributed by atoms with Crippen LogP contribution in [-0.2, 0) is 9.59 Å². The molecule has 128 valence electrons. The Balaban J connectivity index is 1.73. The van der Waals surface area contributed by atoms with Gasteiger partial charge in [-0.2, -0.15) is 0 Å². The number of anilines is 1. The number of benzene rings is 1. The molecule has 0 saturated carbocycles. The van der Waals surface area contributed by atoms with E-state index in [1.165, 1.54) is 0 Å². The number of fused-ring (bicyclic) bond motifs is 1. The molecule has 0 aliphatic carbocycles. The van der Waals surface area contributed by atoms with Crippen LogP contribution in [-0.4, -0.2) is 43.1 Å². The standard InChI is InChI=1S/C18H22N2O4/c1-4-19(9-12(2)3)18(22)13-7-17(21)20(10-13)14-5-6-15-16(8-14)24-11-23-15/h5-6,8,13H,2,4,7,9-11H2,1,3H3. The van der Waals surface area contributed by atoms with Gasteiger partial charge in [-0.1, -0.05) is 12.2 Å². The van der Waals surface area contributed by atoms with Crippen molar-refractivity contribution in [2.75, 3.05) is 31.3 Å². The van der Waals surface area contributed by atoms with Crippen LogP contribution in [0.3, 0.4) is 0 Å². The summed E-state index contributed by atoms with van der Waals surface area (Å²) in [5.41, 5.74) is 1.67. The molecular weight excluding hydrogens is 308 g/mol. The maximum Gasteiger partial charge on any atom is 0.231 e. The SMILES string of the molecule is C=C(C)CN(CC)C(=O)C1CC(=O)N(c2ccc3c(c2)OCO3)C1. The number of likely N-dealkylation sites (N-methyl/N-ethyl adjacent to an activating group) is 1. The first-order valence-electron chi connectivity index (χ1n) is 8.12. The van der Waals surface area contributed by atoms with E-state index >= 15 is 0 Å². The Bertz CT molecular complexity index is 686. The van der Waals surface area contributed by atoms with E-state index in [4.69, 9.17) is 9.47 Å². The van der Waals surface area contributed by atoms with Crippen molar-refractivity contribution in [3.05, 3.63) is 30.4 Å². The fourth-order valence-corrected chi connectivity index (χ4v) is 3.11. The van der Waals surface area contributed by atoms with Crippen molar-refractivity contribution in [1.29, 1.82) is 0 Å². The fraction of sp³-hybridized carbons (Fsp3) is 0.444. The Morgan fingerprint density at radius 2 is 2.12 bits per heavy atom. The predicted octanol–water partition coefficient (Wildman–Crippen LogP) is 2.19. The molecule has 0 spiro atoms. The number of hydrogen-bond acceptors (Lipinski definition) is 4. The maximum absolute atomic E-state index is 12.7. The normalized spacial score (nSPS) is 18.8. The lowest BCUT2D eigenvalue weighted by molar-refractivity contribution is -0.135. The smallest absolute Gasteiger partial charge is 0.231 e. The predicted molar refractivity (Wildman–Crippen MR) is 90.1 cm³/mol. The van der Waals surface area contributed by atoms with Gasteiger partial charge in [0.05, 0.1) is 5.92 Å². The van der Waals surface area contributed by atoms with Gasteiger partial charge in [0, 0.05) is 37.8 Å². The van der Waals surface area contributed by atoms with E-state index in [9.17, 15) is 9.59 Å². The second-order valence-electron chi connectivity index (χ2n) is 6.25. The van der Waals surface area contributed by atoms with Crippen molar-refractivity contribution in [2.24, 2.45) is 5.92 Å². The largest absolute Gasteiger partial charge is 0.454 e. The highest BCUT2D eigenvalue weighted by atomic mass is 16.7. The third kappa shape index (κ3) is 3.09. The molecule has 24 heavy (non-hydrogen) atoms. The van der Waals surface area contributed by atoms with E-state index in [0.717, 1.165) is 11.3 Å². The van der Waals surface area contributed by atoms with Gasteiger partial charge in [0.1, 0.15) is 0 Å². The van der Waals surface area contributed by atoms with E-state index in [0.29, 0.717) is 31.1 Å². The summed E-state index contributed by atoms with van der Waals surface area (Å²) < 4.78 is 10.7. The van der Waals surface area contributed by atoms with Gasteiger partial charge in [-0.05, 0) is 26.0 Å². The van der Waals surface area contributed by atoms with Crippen molar-refractivity contribution >= 4 is 17.5 Å². The molecule has 0 N–H and O–H groups in total. The van der Waals surface area contributed by atoms with Crippen LogP contribution in [0.1, 0.15) is 20.3 Å². The molecule has 0 aromatic heterocycles. The molecule has 1 unspecified atom stereocenters. The summed E-state index contributed by atoms with van der Waals surface area (Å²) in [4.78, 5) is 28.5. The van der Waals surface area contributed by atoms with Crippen LogP contribution in [0.25, 0.3) is 0 Å². The zero-order valence-corrected chi connectivity index (χ0v) is 14.1. The number of rotatable bonds is 5. The Morgan fingerprint density at radius 1 is 1.38 bits per heavy atom. The van der Waals surface area contributed by atoms with Gasteiger partial charge in [-0.3, -0.25) is 9.59 Å². The minimum absolute atomic E-state index is 0.0112. The van der Waals surface area contributed by atoms with Gasteiger partial charge in [-0.25, -0.2) is 0 Å². The summed E-state index contributed by atoms with van der Waals surface area (Å²) in [5, 5.41) is 0. The van der Waals surface area contributed by atoms with E-state index in [2.05, 4.69) is 6.58 Å². The first-order valence-corrected chi connectivity index (χ1v) is 8.12. The minimum Gasteiger partial charge on any atom is -0.454 e. The van der Waals surface area contributed by atoms with Gasteiger partial charge in [0.25, 0.3) is 0 Å². The Labute approximate surface area is 141 Å². The minimum atomic E-state index is -0.317.